The van der Waals surface area contributed by atoms with Gasteiger partial charge in [0.25, 0.3) is 0 Å². The first kappa shape index (κ1) is 10.3. The lowest BCUT2D eigenvalue weighted by Crippen LogP contribution is -2.26. The summed E-state index contributed by atoms with van der Waals surface area (Å²) in [6.45, 7) is 3.00. The van der Waals surface area contributed by atoms with Crippen LogP contribution in [0.25, 0.3) is 0 Å². The van der Waals surface area contributed by atoms with Crippen LogP contribution in [-0.2, 0) is 9.47 Å². The second-order valence-corrected chi connectivity index (χ2v) is 3.63. The molecule has 1 atom stereocenters. The average Bonchev–Trinajstić information content (AvgIpc) is 2.82. The number of Topliss-reactive ketones (excluding diaryl/α,β-unsaturated/α-hetero) is 1. The van der Waals surface area contributed by atoms with Crippen molar-refractivity contribution in [3.05, 3.63) is 35.9 Å². The van der Waals surface area contributed by atoms with Crippen LogP contribution in [0.1, 0.15) is 17.3 Å². The smallest absolute Gasteiger partial charge is 0.170 e. The molecule has 1 aromatic rings. The summed E-state index contributed by atoms with van der Waals surface area (Å²) in [5.41, 5.74) is 0.712. The minimum Gasteiger partial charge on any atom is -0.349 e. The van der Waals surface area contributed by atoms with Gasteiger partial charge in [0.1, 0.15) is 0 Å². The predicted octanol–water partition coefficient (Wildman–Crippen LogP) is 1.88. The van der Waals surface area contributed by atoms with Gasteiger partial charge >= 0.3 is 0 Å². The molecule has 0 spiro atoms. The fourth-order valence-electron chi connectivity index (χ4n) is 1.65. The fraction of sp³-hybridized carbons (Fsp3) is 0.417. The molecule has 1 heterocycles. The Balaban J connectivity index is 2.07. The Hall–Kier alpha value is -1.19. The van der Waals surface area contributed by atoms with E-state index >= 15 is 0 Å². The lowest BCUT2D eigenvalue weighted by molar-refractivity contribution is -0.0683. The summed E-state index contributed by atoms with van der Waals surface area (Å²) in [6.07, 6.45) is -0.377. The van der Waals surface area contributed by atoms with Crippen LogP contribution < -0.4 is 0 Å². The van der Waals surface area contributed by atoms with Crippen molar-refractivity contribution in [3.8, 4) is 0 Å². The number of hydrogen-bond acceptors (Lipinski definition) is 3. The second-order valence-electron chi connectivity index (χ2n) is 3.63. The van der Waals surface area contributed by atoms with E-state index in [1.54, 1.807) is 0 Å². The molecular formula is C12H14O3. The topological polar surface area (TPSA) is 35.5 Å². The highest BCUT2D eigenvalue weighted by Crippen LogP contribution is 2.18. The van der Waals surface area contributed by atoms with Gasteiger partial charge in [0, 0.05) is 5.56 Å². The van der Waals surface area contributed by atoms with E-state index < -0.39 is 0 Å². The van der Waals surface area contributed by atoms with E-state index in [0.29, 0.717) is 18.8 Å². The van der Waals surface area contributed by atoms with Crippen molar-refractivity contribution in [2.75, 3.05) is 13.2 Å². The summed E-state index contributed by atoms with van der Waals surface area (Å²) in [4.78, 5) is 12.0. The summed E-state index contributed by atoms with van der Waals surface area (Å²) >= 11 is 0. The van der Waals surface area contributed by atoms with Crippen LogP contribution in [0.5, 0.6) is 0 Å². The quantitative estimate of drug-likeness (QED) is 0.708. The maximum absolute atomic E-state index is 12.0. The van der Waals surface area contributed by atoms with E-state index in [9.17, 15) is 4.79 Å². The first-order chi connectivity index (χ1) is 7.29. The van der Waals surface area contributed by atoms with Gasteiger partial charge in [0.15, 0.2) is 12.1 Å². The zero-order chi connectivity index (χ0) is 10.7. The Morgan fingerprint density at radius 1 is 1.27 bits per heavy atom. The van der Waals surface area contributed by atoms with E-state index in [4.69, 9.17) is 9.47 Å². The molecule has 1 unspecified atom stereocenters. The summed E-state index contributed by atoms with van der Waals surface area (Å²) in [5.74, 6) is -0.169. The standard InChI is InChI=1S/C12H14O3/c1-9(12-14-7-8-15-12)11(13)10-5-3-2-4-6-10/h2-6,9,12H,7-8H2,1H3. The van der Waals surface area contributed by atoms with Crippen LogP contribution in [0.3, 0.4) is 0 Å². The SMILES string of the molecule is CC(C(=O)c1ccccc1)C1OCCO1. The monoisotopic (exact) mass is 206 g/mol. The van der Waals surface area contributed by atoms with Crippen LogP contribution in [0, 0.1) is 5.92 Å². The number of carbonyl (C=O) groups excluding carboxylic acids is 1. The molecule has 3 nitrogen and oxygen atoms in total. The molecule has 0 bridgehead atoms. The number of ether oxygens (including phenoxy) is 2. The molecule has 1 saturated heterocycles. The molecule has 15 heavy (non-hydrogen) atoms. The van der Waals surface area contributed by atoms with E-state index in [1.807, 2.05) is 37.3 Å². The first-order valence-corrected chi connectivity index (χ1v) is 5.11. The van der Waals surface area contributed by atoms with Gasteiger partial charge in [-0.2, -0.15) is 0 Å². The lowest BCUT2D eigenvalue weighted by atomic mass is 9.99. The maximum atomic E-state index is 12.0. The molecule has 1 fully saturated rings. The largest absolute Gasteiger partial charge is 0.349 e. The molecule has 0 amide bonds. The van der Waals surface area contributed by atoms with Crippen molar-refractivity contribution in [2.24, 2.45) is 5.92 Å². The van der Waals surface area contributed by atoms with Crippen LogP contribution in [0.2, 0.25) is 0 Å². The highest BCUT2D eigenvalue weighted by molar-refractivity contribution is 5.97. The average molecular weight is 206 g/mol. The van der Waals surface area contributed by atoms with E-state index in [1.165, 1.54) is 0 Å². The minimum atomic E-state index is -0.377. The molecule has 0 N–H and O–H groups in total. The van der Waals surface area contributed by atoms with Gasteiger partial charge < -0.3 is 9.47 Å². The zero-order valence-corrected chi connectivity index (χ0v) is 8.68. The third kappa shape index (κ3) is 2.25. The van der Waals surface area contributed by atoms with E-state index in [0.717, 1.165) is 0 Å². The van der Waals surface area contributed by atoms with Crippen LogP contribution in [0.15, 0.2) is 30.3 Å². The van der Waals surface area contributed by atoms with Gasteiger partial charge in [-0.3, -0.25) is 4.79 Å². The minimum absolute atomic E-state index is 0.0718. The number of benzene rings is 1. The van der Waals surface area contributed by atoms with Crippen LogP contribution in [-0.4, -0.2) is 25.3 Å². The predicted molar refractivity (Wildman–Crippen MR) is 55.6 cm³/mol. The Labute approximate surface area is 89.0 Å². The number of ketones is 1. The van der Waals surface area contributed by atoms with Crippen molar-refractivity contribution >= 4 is 5.78 Å². The van der Waals surface area contributed by atoms with E-state index in [2.05, 4.69) is 0 Å². The third-order valence-corrected chi connectivity index (χ3v) is 2.53. The number of hydrogen-bond donors (Lipinski definition) is 0. The zero-order valence-electron chi connectivity index (χ0n) is 8.68. The Morgan fingerprint density at radius 2 is 1.87 bits per heavy atom. The summed E-state index contributed by atoms with van der Waals surface area (Å²) in [5, 5.41) is 0. The number of rotatable bonds is 3. The summed E-state index contributed by atoms with van der Waals surface area (Å²) < 4.78 is 10.6. The highest BCUT2D eigenvalue weighted by Gasteiger charge is 2.29. The van der Waals surface area contributed by atoms with Gasteiger partial charge in [-0.1, -0.05) is 37.3 Å². The van der Waals surface area contributed by atoms with Crippen molar-refractivity contribution < 1.29 is 14.3 Å². The molecular weight excluding hydrogens is 192 g/mol. The van der Waals surface area contributed by atoms with E-state index in [-0.39, 0.29) is 18.0 Å². The van der Waals surface area contributed by atoms with Crippen LogP contribution in [0.4, 0.5) is 0 Å². The van der Waals surface area contributed by atoms with Gasteiger partial charge in [-0.15, -0.1) is 0 Å². The Kier molecular flexibility index (Phi) is 3.14. The molecule has 0 radical (unpaired) electrons. The third-order valence-electron chi connectivity index (χ3n) is 2.53. The van der Waals surface area contributed by atoms with Crippen LogP contribution >= 0.6 is 0 Å². The van der Waals surface area contributed by atoms with Crippen molar-refractivity contribution in [1.82, 2.24) is 0 Å². The Bertz CT molecular complexity index is 328. The molecule has 80 valence electrons. The first-order valence-electron chi connectivity index (χ1n) is 5.11. The molecule has 0 aromatic heterocycles. The molecule has 3 heteroatoms. The number of carbonyl (C=O) groups is 1. The van der Waals surface area contributed by atoms with Gasteiger partial charge in [-0.25, -0.2) is 0 Å². The highest BCUT2D eigenvalue weighted by atomic mass is 16.7. The molecule has 1 aliphatic heterocycles. The molecule has 0 saturated carbocycles. The van der Waals surface area contributed by atoms with Crippen molar-refractivity contribution in [2.45, 2.75) is 13.2 Å². The van der Waals surface area contributed by atoms with Gasteiger partial charge in [0.05, 0.1) is 19.1 Å². The maximum Gasteiger partial charge on any atom is 0.170 e. The van der Waals surface area contributed by atoms with Gasteiger partial charge in [-0.05, 0) is 0 Å². The lowest BCUT2D eigenvalue weighted by Gasteiger charge is -2.16. The molecule has 1 aliphatic rings. The molecule has 1 aromatic carbocycles. The normalized spacial score (nSPS) is 19.0. The summed E-state index contributed by atoms with van der Waals surface area (Å²) in [7, 11) is 0. The van der Waals surface area contributed by atoms with Crippen molar-refractivity contribution in [1.29, 1.82) is 0 Å². The van der Waals surface area contributed by atoms with Gasteiger partial charge in [0.2, 0.25) is 0 Å². The Morgan fingerprint density at radius 3 is 2.47 bits per heavy atom. The fourth-order valence-corrected chi connectivity index (χ4v) is 1.65. The summed E-state index contributed by atoms with van der Waals surface area (Å²) in [6, 6.07) is 9.23. The molecule has 2 rings (SSSR count). The second kappa shape index (κ2) is 4.55. The molecule has 0 aliphatic carbocycles. The van der Waals surface area contributed by atoms with Crippen molar-refractivity contribution in [3.63, 3.8) is 0 Å².